The van der Waals surface area contributed by atoms with E-state index in [2.05, 4.69) is 10.4 Å². The highest BCUT2D eigenvalue weighted by molar-refractivity contribution is 6.03. The van der Waals surface area contributed by atoms with Crippen LogP contribution in [-0.2, 0) is 6.18 Å². The van der Waals surface area contributed by atoms with Gasteiger partial charge in [-0.3, -0.25) is 0 Å². The largest absolute Gasteiger partial charge is 0.497 e. The van der Waals surface area contributed by atoms with Gasteiger partial charge >= 0.3 is 6.18 Å². The number of ether oxygens (including phenoxy) is 1. The van der Waals surface area contributed by atoms with E-state index in [4.69, 9.17) is 21.4 Å². The number of methoxy groups -OCH3 is 1. The predicted octanol–water partition coefficient (Wildman–Crippen LogP) is 2.25. The molecule has 0 amide bonds. The average molecular weight is 383 g/mol. The Morgan fingerprint density at radius 3 is 2.44 bits per heavy atom. The lowest BCUT2D eigenvalue weighted by Gasteiger charge is -2.16. The number of hydrazone groups is 1. The molecule has 10 heteroatoms. The van der Waals surface area contributed by atoms with Crippen molar-refractivity contribution in [3.63, 3.8) is 0 Å². The first-order valence-corrected chi connectivity index (χ1v) is 7.84. The van der Waals surface area contributed by atoms with Gasteiger partial charge in [-0.2, -0.15) is 13.2 Å². The maximum atomic E-state index is 12.7. The fourth-order valence-corrected chi connectivity index (χ4v) is 2.22. The number of hydrazine groups is 1. The van der Waals surface area contributed by atoms with Gasteiger partial charge in [-0.25, -0.2) is 11.0 Å². The van der Waals surface area contributed by atoms with Gasteiger partial charge in [0, 0.05) is 17.3 Å². The van der Waals surface area contributed by atoms with Crippen molar-refractivity contribution in [1.82, 2.24) is 5.12 Å². The molecule has 7 nitrogen and oxygen atoms in total. The molecule has 146 valence electrons. The van der Waals surface area contributed by atoms with Crippen LogP contribution in [0.4, 0.5) is 24.5 Å². The molecule has 6 N–H and O–H groups in total. The number of amidine groups is 1. The zero-order valence-corrected chi connectivity index (χ0v) is 14.5. The predicted molar refractivity (Wildman–Crippen MR) is 96.4 cm³/mol. The van der Waals surface area contributed by atoms with Crippen molar-refractivity contribution in [2.75, 3.05) is 25.6 Å². The second-order valence-corrected chi connectivity index (χ2v) is 5.48. The number of hydrogen-bond acceptors (Lipinski definition) is 6. The highest BCUT2D eigenvalue weighted by Gasteiger charge is 2.29. The molecular weight excluding hydrogens is 363 g/mol. The highest BCUT2D eigenvalue weighted by atomic mass is 19.4. The molecule has 0 atom stereocenters. The molecule has 0 bridgehead atoms. The summed E-state index contributed by atoms with van der Waals surface area (Å²) in [4.78, 5) is 0. The third-order valence-corrected chi connectivity index (χ3v) is 3.56. The van der Waals surface area contributed by atoms with E-state index < -0.39 is 11.7 Å². The minimum Gasteiger partial charge on any atom is -0.497 e. The number of benzene rings is 2. The van der Waals surface area contributed by atoms with Gasteiger partial charge in [0.2, 0.25) is 0 Å². The number of nitrogens with zero attached hydrogens (tertiary/aromatic N) is 2. The fraction of sp³-hybridized carbons (Fsp3) is 0.235. The fourth-order valence-electron chi connectivity index (χ4n) is 2.22. The summed E-state index contributed by atoms with van der Waals surface area (Å²) in [6.07, 6.45) is -4.41. The van der Waals surface area contributed by atoms with E-state index in [0.29, 0.717) is 22.7 Å². The van der Waals surface area contributed by atoms with Gasteiger partial charge < -0.3 is 20.9 Å². The summed E-state index contributed by atoms with van der Waals surface area (Å²) in [5.74, 6) is 6.17. The Morgan fingerprint density at radius 1 is 1.22 bits per heavy atom. The number of nitrogens with two attached hydrogens (primary N) is 2. The Balaban J connectivity index is 2.34. The summed E-state index contributed by atoms with van der Waals surface area (Å²) in [6.45, 7) is -0.120. The van der Waals surface area contributed by atoms with Crippen LogP contribution < -0.4 is 21.6 Å². The van der Waals surface area contributed by atoms with Crippen molar-refractivity contribution in [2.45, 2.75) is 6.18 Å². The van der Waals surface area contributed by atoms with Gasteiger partial charge in [-0.05, 0) is 36.4 Å². The standard InChI is InChI=1S/C17H20F3N5O2/c1-27-13-6-7-14(16(21)24-25(22)8-9-26)15(10-13)23-12-4-2-11(3-5-12)17(18,19)20/h2-7,10,23,26H,8-9,22H2,1H3,(H2,21,24). The van der Waals surface area contributed by atoms with E-state index in [1.807, 2.05) is 0 Å². The van der Waals surface area contributed by atoms with E-state index in [1.165, 1.54) is 19.2 Å². The van der Waals surface area contributed by atoms with E-state index in [1.54, 1.807) is 18.2 Å². The van der Waals surface area contributed by atoms with E-state index in [0.717, 1.165) is 17.3 Å². The van der Waals surface area contributed by atoms with Crippen LogP contribution in [0.25, 0.3) is 0 Å². The van der Waals surface area contributed by atoms with Crippen LogP contribution in [0.5, 0.6) is 5.75 Å². The summed E-state index contributed by atoms with van der Waals surface area (Å²) in [7, 11) is 1.48. The molecule has 0 heterocycles. The van der Waals surface area contributed by atoms with E-state index in [-0.39, 0.29) is 19.0 Å². The molecule has 0 aliphatic rings. The monoisotopic (exact) mass is 383 g/mol. The average Bonchev–Trinajstić information content (AvgIpc) is 2.61. The topological polar surface area (TPSA) is 109 Å². The van der Waals surface area contributed by atoms with Gasteiger partial charge in [-0.15, -0.1) is 5.10 Å². The normalized spacial score (nSPS) is 12.0. The molecule has 0 fully saturated rings. The molecule has 27 heavy (non-hydrogen) atoms. The van der Waals surface area contributed by atoms with Gasteiger partial charge in [0.05, 0.1) is 31.5 Å². The Kier molecular flexibility index (Phi) is 6.48. The van der Waals surface area contributed by atoms with Gasteiger partial charge in [0.25, 0.3) is 0 Å². The van der Waals surface area contributed by atoms with E-state index in [9.17, 15) is 13.2 Å². The van der Waals surface area contributed by atoms with Crippen molar-refractivity contribution >= 4 is 17.2 Å². The number of aliphatic hydroxyl groups excluding tert-OH is 1. The molecule has 2 rings (SSSR count). The summed E-state index contributed by atoms with van der Waals surface area (Å²) < 4.78 is 43.3. The van der Waals surface area contributed by atoms with Crippen molar-refractivity contribution in [3.05, 3.63) is 53.6 Å². The summed E-state index contributed by atoms with van der Waals surface area (Å²) in [5, 5.41) is 16.8. The third kappa shape index (κ3) is 5.50. The molecule has 2 aromatic rings. The van der Waals surface area contributed by atoms with Gasteiger partial charge in [0.1, 0.15) is 5.75 Å². The van der Waals surface area contributed by atoms with Crippen LogP contribution in [0.15, 0.2) is 47.6 Å². The van der Waals surface area contributed by atoms with Crippen LogP contribution in [0.2, 0.25) is 0 Å². The van der Waals surface area contributed by atoms with Gasteiger partial charge in [-0.1, -0.05) is 0 Å². The lowest BCUT2D eigenvalue weighted by Crippen LogP contribution is -2.32. The summed E-state index contributed by atoms with van der Waals surface area (Å²) in [5.41, 5.74) is 6.57. The minimum atomic E-state index is -4.41. The molecule has 0 aliphatic heterocycles. The van der Waals surface area contributed by atoms with E-state index >= 15 is 0 Å². The summed E-state index contributed by atoms with van der Waals surface area (Å²) in [6, 6.07) is 9.48. The Morgan fingerprint density at radius 2 is 1.89 bits per heavy atom. The highest BCUT2D eigenvalue weighted by Crippen LogP contribution is 2.31. The number of halogens is 3. The van der Waals surface area contributed by atoms with Crippen molar-refractivity contribution in [3.8, 4) is 5.75 Å². The maximum absolute atomic E-state index is 12.7. The van der Waals surface area contributed by atoms with Crippen LogP contribution in [0.3, 0.4) is 0 Å². The molecule has 0 spiro atoms. The number of aliphatic hydroxyl groups is 1. The number of nitrogens with one attached hydrogen (secondary N) is 1. The zero-order valence-electron chi connectivity index (χ0n) is 14.5. The molecule has 0 unspecified atom stereocenters. The second-order valence-electron chi connectivity index (χ2n) is 5.48. The molecular formula is C17H20F3N5O2. The van der Waals surface area contributed by atoms with Crippen molar-refractivity contribution < 1.29 is 23.0 Å². The first kappa shape index (κ1) is 20.3. The second kappa shape index (κ2) is 8.60. The third-order valence-electron chi connectivity index (χ3n) is 3.56. The Bertz CT molecular complexity index is 794. The Hall–Kier alpha value is -2.98. The summed E-state index contributed by atoms with van der Waals surface area (Å²) >= 11 is 0. The lowest BCUT2D eigenvalue weighted by atomic mass is 10.1. The molecule has 0 aromatic heterocycles. The first-order chi connectivity index (χ1) is 12.7. The molecule has 0 saturated carbocycles. The number of anilines is 2. The zero-order chi connectivity index (χ0) is 20.0. The first-order valence-electron chi connectivity index (χ1n) is 7.84. The van der Waals surface area contributed by atoms with Crippen LogP contribution in [0, 0.1) is 0 Å². The van der Waals surface area contributed by atoms with Crippen LogP contribution in [0.1, 0.15) is 11.1 Å². The van der Waals surface area contributed by atoms with Gasteiger partial charge in [0.15, 0.2) is 5.84 Å². The quantitative estimate of drug-likeness (QED) is 0.253. The minimum absolute atomic E-state index is 0.0583. The number of alkyl halides is 3. The Labute approximate surface area is 154 Å². The maximum Gasteiger partial charge on any atom is 0.416 e. The number of rotatable bonds is 7. The molecule has 0 saturated heterocycles. The number of hydrogen-bond donors (Lipinski definition) is 4. The smallest absolute Gasteiger partial charge is 0.416 e. The van der Waals surface area contributed by atoms with Crippen molar-refractivity contribution in [2.24, 2.45) is 16.7 Å². The van der Waals surface area contributed by atoms with Crippen LogP contribution >= 0.6 is 0 Å². The molecule has 2 aromatic carbocycles. The lowest BCUT2D eigenvalue weighted by molar-refractivity contribution is -0.137. The van der Waals surface area contributed by atoms with Crippen molar-refractivity contribution in [1.29, 1.82) is 0 Å². The van der Waals surface area contributed by atoms with Crippen LogP contribution in [-0.4, -0.2) is 36.3 Å². The SMILES string of the molecule is COc1ccc(/C(N)=N/N(N)CCO)c(Nc2ccc(C(F)(F)F)cc2)c1. The molecule has 0 radical (unpaired) electrons. The molecule has 0 aliphatic carbocycles.